The zero-order chi connectivity index (χ0) is 10.1. The number of hydrogen-bond acceptors (Lipinski definition) is 3. The number of hydrogen-bond donors (Lipinski definition) is 3. The fourth-order valence-corrected chi connectivity index (χ4v) is 1.52. The van der Waals surface area contributed by atoms with Gasteiger partial charge in [-0.3, -0.25) is 0 Å². The molecule has 0 spiro atoms. The summed E-state index contributed by atoms with van der Waals surface area (Å²) in [5, 5.41) is 11.9. The average Bonchev–Trinajstić information content (AvgIpc) is 2.16. The Morgan fingerprint density at radius 3 is 2.86 bits per heavy atom. The zero-order valence-electron chi connectivity index (χ0n) is 7.40. The Morgan fingerprint density at radius 1 is 1.43 bits per heavy atom. The minimum atomic E-state index is -0.950. The number of carbonyl (C=O) groups is 1. The standard InChI is InChI=1S/C10H10N2O2/c11-9-5-7(10(13)14)6-3-1-2-4-8(6)12-9/h1-5,9,12H,11H2,(H,13,14). The normalized spacial score (nSPS) is 19.2. The molecule has 0 radical (unpaired) electrons. The lowest BCUT2D eigenvalue weighted by atomic mass is 9.99. The summed E-state index contributed by atoms with van der Waals surface area (Å²) in [6.07, 6.45) is 1.07. The molecule has 1 unspecified atom stereocenters. The third kappa shape index (κ3) is 1.36. The minimum absolute atomic E-state index is 0.256. The maximum atomic E-state index is 10.9. The molecular formula is C10H10N2O2. The van der Waals surface area contributed by atoms with Crippen molar-refractivity contribution >= 4 is 17.2 Å². The largest absolute Gasteiger partial charge is 0.478 e. The number of fused-ring (bicyclic) bond motifs is 1. The Morgan fingerprint density at radius 2 is 2.14 bits per heavy atom. The van der Waals surface area contributed by atoms with E-state index < -0.39 is 12.1 Å². The number of nitrogens with two attached hydrogens (primary N) is 1. The van der Waals surface area contributed by atoms with E-state index in [4.69, 9.17) is 10.8 Å². The molecule has 1 aromatic rings. The molecule has 1 aliphatic heterocycles. The van der Waals surface area contributed by atoms with Gasteiger partial charge in [0.2, 0.25) is 0 Å². The molecule has 1 atom stereocenters. The smallest absolute Gasteiger partial charge is 0.336 e. The van der Waals surface area contributed by atoms with E-state index in [9.17, 15) is 4.79 Å². The lowest BCUT2D eigenvalue weighted by Crippen LogP contribution is -2.31. The van der Waals surface area contributed by atoms with Crippen LogP contribution in [0.2, 0.25) is 0 Å². The maximum Gasteiger partial charge on any atom is 0.336 e. The quantitative estimate of drug-likeness (QED) is 0.614. The Hall–Kier alpha value is -1.81. The number of rotatable bonds is 1. The van der Waals surface area contributed by atoms with Gasteiger partial charge in [0.05, 0.1) is 11.7 Å². The van der Waals surface area contributed by atoms with Crippen LogP contribution in [0.4, 0.5) is 5.69 Å². The molecule has 1 heterocycles. The van der Waals surface area contributed by atoms with E-state index in [1.165, 1.54) is 6.08 Å². The second-order valence-corrected chi connectivity index (χ2v) is 3.10. The van der Waals surface area contributed by atoms with Crippen LogP contribution in [-0.2, 0) is 4.79 Å². The number of anilines is 1. The van der Waals surface area contributed by atoms with E-state index in [0.717, 1.165) is 5.69 Å². The number of nitrogens with one attached hydrogen (secondary N) is 1. The molecule has 1 aliphatic rings. The SMILES string of the molecule is NC1C=C(C(=O)O)c2ccccc2N1. The van der Waals surface area contributed by atoms with Gasteiger partial charge in [0.15, 0.2) is 0 Å². The highest BCUT2D eigenvalue weighted by atomic mass is 16.4. The summed E-state index contributed by atoms with van der Waals surface area (Å²) >= 11 is 0. The van der Waals surface area contributed by atoms with Crippen LogP contribution in [0.25, 0.3) is 5.57 Å². The molecule has 2 rings (SSSR count). The van der Waals surface area contributed by atoms with Gasteiger partial charge in [-0.1, -0.05) is 18.2 Å². The van der Waals surface area contributed by atoms with Gasteiger partial charge in [0, 0.05) is 11.3 Å². The van der Waals surface area contributed by atoms with Gasteiger partial charge >= 0.3 is 5.97 Å². The van der Waals surface area contributed by atoms with Crippen molar-refractivity contribution in [3.8, 4) is 0 Å². The van der Waals surface area contributed by atoms with Crippen molar-refractivity contribution in [1.29, 1.82) is 0 Å². The second-order valence-electron chi connectivity index (χ2n) is 3.10. The summed E-state index contributed by atoms with van der Waals surface area (Å²) in [7, 11) is 0. The van der Waals surface area contributed by atoms with Gasteiger partial charge in [-0.2, -0.15) is 0 Å². The van der Waals surface area contributed by atoms with E-state index in [2.05, 4.69) is 5.32 Å². The number of carboxylic acid groups (broad SMARTS) is 1. The fourth-order valence-electron chi connectivity index (χ4n) is 1.52. The third-order valence-electron chi connectivity index (χ3n) is 2.12. The van der Waals surface area contributed by atoms with Gasteiger partial charge < -0.3 is 16.2 Å². The van der Waals surface area contributed by atoms with Crippen molar-refractivity contribution in [2.24, 2.45) is 5.73 Å². The summed E-state index contributed by atoms with van der Waals surface area (Å²) in [6.45, 7) is 0. The highest BCUT2D eigenvalue weighted by Gasteiger charge is 2.20. The summed E-state index contributed by atoms with van der Waals surface area (Å²) < 4.78 is 0. The van der Waals surface area contributed by atoms with Crippen LogP contribution < -0.4 is 11.1 Å². The molecule has 1 aromatic carbocycles. The Kier molecular flexibility index (Phi) is 1.98. The Balaban J connectivity index is 2.55. The van der Waals surface area contributed by atoms with Crippen LogP contribution in [0.3, 0.4) is 0 Å². The monoisotopic (exact) mass is 190 g/mol. The molecule has 0 bridgehead atoms. The van der Waals surface area contributed by atoms with Crippen LogP contribution in [0.5, 0.6) is 0 Å². The van der Waals surface area contributed by atoms with Crippen molar-refractivity contribution in [2.75, 3.05) is 5.32 Å². The van der Waals surface area contributed by atoms with Gasteiger partial charge in [-0.05, 0) is 12.1 Å². The van der Waals surface area contributed by atoms with Gasteiger partial charge in [-0.25, -0.2) is 4.79 Å². The highest BCUT2D eigenvalue weighted by molar-refractivity contribution is 6.17. The lowest BCUT2D eigenvalue weighted by molar-refractivity contribution is -0.130. The summed E-state index contributed by atoms with van der Waals surface area (Å²) in [6, 6.07) is 7.21. The van der Waals surface area contributed by atoms with Crippen LogP contribution in [-0.4, -0.2) is 17.2 Å². The van der Waals surface area contributed by atoms with E-state index in [1.807, 2.05) is 12.1 Å². The van der Waals surface area contributed by atoms with Crippen LogP contribution in [0.15, 0.2) is 30.3 Å². The zero-order valence-corrected chi connectivity index (χ0v) is 7.40. The molecule has 0 aromatic heterocycles. The van der Waals surface area contributed by atoms with Crippen molar-refractivity contribution in [2.45, 2.75) is 6.17 Å². The minimum Gasteiger partial charge on any atom is -0.478 e. The number of benzene rings is 1. The first-order chi connectivity index (χ1) is 6.68. The molecule has 0 saturated carbocycles. The molecule has 0 aliphatic carbocycles. The molecule has 4 N–H and O–H groups in total. The molecule has 4 nitrogen and oxygen atoms in total. The van der Waals surface area contributed by atoms with Gasteiger partial charge in [-0.15, -0.1) is 0 Å². The summed E-state index contributed by atoms with van der Waals surface area (Å²) in [4.78, 5) is 10.9. The Bertz CT molecular complexity index is 412. The third-order valence-corrected chi connectivity index (χ3v) is 2.12. The second kappa shape index (κ2) is 3.16. The number of carboxylic acids is 1. The predicted octanol–water partition coefficient (Wildman–Crippen LogP) is 0.865. The molecule has 0 saturated heterocycles. The van der Waals surface area contributed by atoms with Crippen molar-refractivity contribution in [1.82, 2.24) is 0 Å². The van der Waals surface area contributed by atoms with Crippen molar-refractivity contribution < 1.29 is 9.90 Å². The first-order valence-electron chi connectivity index (χ1n) is 4.25. The van der Waals surface area contributed by atoms with Crippen molar-refractivity contribution in [3.05, 3.63) is 35.9 Å². The molecule has 72 valence electrons. The van der Waals surface area contributed by atoms with Crippen LogP contribution in [0, 0.1) is 0 Å². The summed E-state index contributed by atoms with van der Waals surface area (Å²) in [5.41, 5.74) is 7.33. The van der Waals surface area contributed by atoms with Crippen LogP contribution >= 0.6 is 0 Å². The molecule has 14 heavy (non-hydrogen) atoms. The van der Waals surface area contributed by atoms with Crippen molar-refractivity contribution in [3.63, 3.8) is 0 Å². The molecule has 0 amide bonds. The van der Waals surface area contributed by atoms with Crippen LogP contribution in [0.1, 0.15) is 5.56 Å². The molecular weight excluding hydrogens is 180 g/mol. The number of para-hydroxylation sites is 1. The highest BCUT2D eigenvalue weighted by Crippen LogP contribution is 2.28. The maximum absolute atomic E-state index is 10.9. The van der Waals surface area contributed by atoms with E-state index in [1.54, 1.807) is 12.1 Å². The predicted molar refractivity (Wildman–Crippen MR) is 53.7 cm³/mol. The average molecular weight is 190 g/mol. The molecule has 0 fully saturated rings. The van der Waals surface area contributed by atoms with E-state index >= 15 is 0 Å². The topological polar surface area (TPSA) is 75.4 Å². The first kappa shape index (κ1) is 8.77. The lowest BCUT2D eigenvalue weighted by Gasteiger charge is -2.21. The molecule has 4 heteroatoms. The number of aliphatic carboxylic acids is 1. The fraction of sp³-hybridized carbons (Fsp3) is 0.100. The van der Waals surface area contributed by atoms with E-state index in [0.29, 0.717) is 5.56 Å². The van der Waals surface area contributed by atoms with Gasteiger partial charge in [0.1, 0.15) is 0 Å². The first-order valence-corrected chi connectivity index (χ1v) is 4.25. The summed E-state index contributed by atoms with van der Waals surface area (Å²) in [5.74, 6) is -0.950. The van der Waals surface area contributed by atoms with Gasteiger partial charge in [0.25, 0.3) is 0 Å². The Labute approximate surface area is 81.0 Å². The van der Waals surface area contributed by atoms with E-state index in [-0.39, 0.29) is 5.57 Å².